The van der Waals surface area contributed by atoms with Gasteiger partial charge in [0.05, 0.1) is 6.07 Å². The van der Waals surface area contributed by atoms with Crippen LogP contribution in [0.1, 0.15) is 42.9 Å². The van der Waals surface area contributed by atoms with E-state index in [1.807, 2.05) is 0 Å². The van der Waals surface area contributed by atoms with Crippen molar-refractivity contribution in [2.75, 3.05) is 13.1 Å². The highest BCUT2D eigenvalue weighted by molar-refractivity contribution is 14.0. The number of hydrogen-bond acceptors (Lipinski definition) is 4. The molecule has 0 N–H and O–H groups in total. The average Bonchev–Trinajstić information content (AvgIpc) is 3.28. The van der Waals surface area contributed by atoms with Gasteiger partial charge in [-0.25, -0.2) is 0 Å². The van der Waals surface area contributed by atoms with Gasteiger partial charge in [0.2, 0.25) is 0 Å². The van der Waals surface area contributed by atoms with Crippen LogP contribution in [0.3, 0.4) is 0 Å². The largest absolute Gasteiger partial charge is 0.298 e. The van der Waals surface area contributed by atoms with Crippen molar-refractivity contribution < 1.29 is 0 Å². The SMILES string of the molecule is CC1(C)C2CCN1CC(CC(C#N)(c1cccs1)c1cccs1)C2.I. The lowest BCUT2D eigenvalue weighted by Crippen LogP contribution is -2.50. The van der Waals surface area contributed by atoms with E-state index >= 15 is 0 Å². The molecule has 0 aromatic carbocycles. The third-order valence-electron chi connectivity index (χ3n) is 6.33. The number of nitrogens with zero attached hydrogens (tertiary/aromatic N) is 2. The molecule has 2 aliphatic heterocycles. The number of hydrogen-bond donors (Lipinski definition) is 0. The van der Waals surface area contributed by atoms with E-state index in [-0.39, 0.29) is 24.0 Å². The number of fused-ring (bicyclic) bond motifs is 2. The van der Waals surface area contributed by atoms with Crippen LogP contribution in [0.15, 0.2) is 35.0 Å². The average molecular weight is 484 g/mol. The van der Waals surface area contributed by atoms with Gasteiger partial charge < -0.3 is 0 Å². The summed E-state index contributed by atoms with van der Waals surface area (Å²) < 4.78 is 0. The van der Waals surface area contributed by atoms with E-state index in [0.29, 0.717) is 11.5 Å². The minimum absolute atomic E-state index is 0. The second-order valence-electron chi connectivity index (χ2n) is 7.86. The van der Waals surface area contributed by atoms with Gasteiger partial charge in [-0.05, 0) is 74.4 Å². The van der Waals surface area contributed by atoms with Crippen LogP contribution in [0, 0.1) is 23.2 Å². The van der Waals surface area contributed by atoms with Gasteiger partial charge in [0.1, 0.15) is 5.41 Å². The molecule has 2 bridgehead atoms. The summed E-state index contributed by atoms with van der Waals surface area (Å²) in [5.41, 5.74) is -0.118. The van der Waals surface area contributed by atoms with Gasteiger partial charge in [0.25, 0.3) is 0 Å². The molecule has 2 fully saturated rings. The maximum atomic E-state index is 10.3. The summed E-state index contributed by atoms with van der Waals surface area (Å²) >= 11 is 3.46. The van der Waals surface area contributed by atoms with Crippen molar-refractivity contribution in [3.63, 3.8) is 0 Å². The Balaban J connectivity index is 0.00000182. The highest BCUT2D eigenvalue weighted by atomic mass is 127. The summed E-state index contributed by atoms with van der Waals surface area (Å²) in [7, 11) is 0. The lowest BCUT2D eigenvalue weighted by molar-refractivity contribution is 0.0530. The molecule has 4 heterocycles. The molecule has 0 radical (unpaired) electrons. The number of rotatable bonds is 4. The van der Waals surface area contributed by atoms with Gasteiger partial charge in [0, 0.05) is 21.8 Å². The maximum Gasteiger partial charge on any atom is 0.126 e. The minimum Gasteiger partial charge on any atom is -0.298 e. The van der Waals surface area contributed by atoms with Gasteiger partial charge >= 0.3 is 0 Å². The van der Waals surface area contributed by atoms with Crippen LogP contribution in [-0.2, 0) is 5.41 Å². The van der Waals surface area contributed by atoms with Crippen molar-refractivity contribution in [3.05, 3.63) is 44.8 Å². The molecule has 0 saturated carbocycles. The topological polar surface area (TPSA) is 27.0 Å². The fraction of sp³-hybridized carbons (Fsp3) is 0.550. The Hall–Kier alpha value is -0.420. The van der Waals surface area contributed by atoms with Crippen LogP contribution in [0.5, 0.6) is 0 Å². The summed E-state index contributed by atoms with van der Waals surface area (Å²) in [4.78, 5) is 5.08. The predicted molar refractivity (Wildman–Crippen MR) is 117 cm³/mol. The zero-order chi connectivity index (χ0) is 16.8. The Kier molecular flexibility index (Phi) is 5.65. The fourth-order valence-electron chi connectivity index (χ4n) is 4.83. The van der Waals surface area contributed by atoms with E-state index < -0.39 is 5.41 Å². The molecular weight excluding hydrogens is 459 g/mol. The van der Waals surface area contributed by atoms with E-state index in [0.717, 1.165) is 18.9 Å². The first-order valence-corrected chi connectivity index (χ1v) is 10.6. The highest BCUT2D eigenvalue weighted by Gasteiger charge is 2.49. The van der Waals surface area contributed by atoms with Crippen molar-refractivity contribution >= 4 is 46.7 Å². The maximum absolute atomic E-state index is 10.3. The molecule has 0 aliphatic carbocycles. The Morgan fingerprint density at radius 1 is 1.24 bits per heavy atom. The molecule has 2 saturated heterocycles. The molecule has 2 aromatic heterocycles. The first-order valence-electron chi connectivity index (χ1n) is 8.80. The van der Waals surface area contributed by atoms with Crippen molar-refractivity contribution in [2.24, 2.45) is 11.8 Å². The van der Waals surface area contributed by atoms with Crippen LogP contribution in [0.4, 0.5) is 0 Å². The monoisotopic (exact) mass is 484 g/mol. The van der Waals surface area contributed by atoms with Crippen LogP contribution < -0.4 is 0 Å². The summed E-state index contributed by atoms with van der Waals surface area (Å²) in [6, 6.07) is 11.2. The molecule has 5 heteroatoms. The second-order valence-corrected chi connectivity index (χ2v) is 9.76. The Morgan fingerprint density at radius 2 is 1.88 bits per heavy atom. The van der Waals surface area contributed by atoms with Gasteiger partial charge in [-0.3, -0.25) is 4.90 Å². The molecule has 0 amide bonds. The quantitative estimate of drug-likeness (QED) is 0.517. The Labute approximate surface area is 175 Å². The molecule has 4 rings (SSSR count). The van der Waals surface area contributed by atoms with Crippen molar-refractivity contribution in [3.8, 4) is 6.07 Å². The van der Waals surface area contributed by atoms with Crippen molar-refractivity contribution in [2.45, 2.75) is 44.1 Å². The summed E-state index contributed by atoms with van der Waals surface area (Å²) in [6.07, 6.45) is 3.54. The summed E-state index contributed by atoms with van der Waals surface area (Å²) in [6.45, 7) is 7.17. The minimum atomic E-state index is -0.463. The highest BCUT2D eigenvalue weighted by Crippen LogP contribution is 2.49. The lowest BCUT2D eigenvalue weighted by Gasteiger charge is -2.45. The van der Waals surface area contributed by atoms with Crippen LogP contribution in [-0.4, -0.2) is 23.5 Å². The molecular formula is C20H25IN2S2. The molecule has 3 atom stereocenters. The van der Waals surface area contributed by atoms with E-state index in [1.165, 1.54) is 29.1 Å². The predicted octanol–water partition coefficient (Wildman–Crippen LogP) is 5.75. The number of piperidine rings is 1. The van der Waals surface area contributed by atoms with Crippen molar-refractivity contribution in [1.29, 1.82) is 5.26 Å². The smallest absolute Gasteiger partial charge is 0.126 e. The molecule has 3 unspecified atom stereocenters. The van der Waals surface area contributed by atoms with Gasteiger partial charge in [-0.1, -0.05) is 12.1 Å². The standard InChI is InChI=1S/C20H24N2S2.HI/c1-19(2)16-7-8-22(19)13-15(11-16)12-20(14-21,17-5-3-9-23-17)18-6-4-10-24-18;/h3-6,9-10,15-16H,7-8,11-13H2,1-2H3;1H. The van der Waals surface area contributed by atoms with Gasteiger partial charge in [-0.15, -0.1) is 46.7 Å². The molecule has 2 aromatic rings. The van der Waals surface area contributed by atoms with Crippen LogP contribution in [0.2, 0.25) is 0 Å². The zero-order valence-corrected chi connectivity index (χ0v) is 18.7. The van der Waals surface area contributed by atoms with Crippen LogP contribution >= 0.6 is 46.7 Å². The third-order valence-corrected chi connectivity index (χ3v) is 8.39. The Morgan fingerprint density at radius 3 is 2.36 bits per heavy atom. The normalized spacial score (nSPS) is 27.5. The van der Waals surface area contributed by atoms with Crippen molar-refractivity contribution in [1.82, 2.24) is 4.90 Å². The fourth-order valence-corrected chi connectivity index (χ4v) is 6.70. The van der Waals surface area contributed by atoms with E-state index in [4.69, 9.17) is 0 Å². The van der Waals surface area contributed by atoms with Gasteiger partial charge in [0.15, 0.2) is 0 Å². The summed E-state index contributed by atoms with van der Waals surface area (Å²) in [5.74, 6) is 1.38. The third kappa shape index (κ3) is 3.20. The van der Waals surface area contributed by atoms with E-state index in [1.54, 1.807) is 22.7 Å². The Bertz CT molecular complexity index is 680. The molecule has 25 heavy (non-hydrogen) atoms. The number of nitriles is 1. The van der Waals surface area contributed by atoms with Crippen LogP contribution in [0.25, 0.3) is 0 Å². The second kappa shape index (κ2) is 7.30. The molecule has 2 aliphatic rings. The molecule has 134 valence electrons. The molecule has 0 spiro atoms. The first-order chi connectivity index (χ1) is 11.6. The van der Waals surface area contributed by atoms with E-state index in [2.05, 4.69) is 59.8 Å². The molecule has 2 nitrogen and oxygen atoms in total. The number of halogens is 1. The van der Waals surface area contributed by atoms with Gasteiger partial charge in [-0.2, -0.15) is 5.26 Å². The number of thiophene rings is 2. The van der Waals surface area contributed by atoms with E-state index in [9.17, 15) is 5.26 Å². The summed E-state index contributed by atoms with van der Waals surface area (Å²) in [5, 5.41) is 14.5. The first kappa shape index (κ1) is 19.3. The zero-order valence-electron chi connectivity index (χ0n) is 14.8. The lowest BCUT2D eigenvalue weighted by atomic mass is 9.71.